The smallest absolute Gasteiger partial charge is 0.410 e. The fraction of sp³-hybridized carbons (Fsp3) is 0.632. The summed E-state index contributed by atoms with van der Waals surface area (Å²) in [4.78, 5) is 13.3. The zero-order valence-electron chi connectivity index (χ0n) is 15.0. The van der Waals surface area contributed by atoms with Gasteiger partial charge in [0, 0.05) is 13.1 Å². The van der Waals surface area contributed by atoms with Gasteiger partial charge in [0.1, 0.15) is 5.60 Å². The van der Waals surface area contributed by atoms with E-state index in [0.29, 0.717) is 25.8 Å². The first-order valence-corrected chi connectivity index (χ1v) is 8.65. The van der Waals surface area contributed by atoms with E-state index >= 15 is 0 Å². The molecule has 2 rings (SSSR count). The van der Waals surface area contributed by atoms with E-state index in [2.05, 4.69) is 0 Å². The van der Waals surface area contributed by atoms with Crippen LogP contribution in [0, 0.1) is 11.8 Å². The third-order valence-electron chi connectivity index (χ3n) is 4.47. The van der Waals surface area contributed by atoms with Crippen LogP contribution in [-0.4, -0.2) is 35.9 Å². The summed E-state index contributed by atoms with van der Waals surface area (Å²) in [7, 11) is 0. The second kappa shape index (κ2) is 7.67. The second-order valence-electron chi connectivity index (χ2n) is 7.65. The Morgan fingerprint density at radius 1 is 1.20 bits per heavy atom. The zero-order valence-corrected chi connectivity index (χ0v) is 15.0. The number of aryl methyl sites for hydroxylation is 1. The van der Waals surface area contributed by atoms with Crippen LogP contribution in [0.15, 0.2) is 30.3 Å². The van der Waals surface area contributed by atoms with Crippen molar-refractivity contribution in [3.05, 3.63) is 35.9 Å². The van der Waals surface area contributed by atoms with Crippen LogP contribution >= 0.6 is 0 Å². The number of hydrogen-bond acceptors (Lipinski definition) is 2. The van der Waals surface area contributed by atoms with Crippen LogP contribution in [0.1, 0.15) is 39.2 Å². The molecule has 1 aromatic rings. The number of piperidine rings is 1. The van der Waals surface area contributed by atoms with Crippen LogP contribution in [0.5, 0.6) is 0 Å². The zero-order chi connectivity index (χ0) is 18.7. The standard InChI is InChI=1S/C19H26F3NO2/c1-18(2,3)25-17(24)23-12-11-15(16(13-23)19(20,21)22)10-9-14-7-5-4-6-8-14/h4-8,15-16H,9-13H2,1-3H3/t15?,16-/m0/s1. The fourth-order valence-electron chi connectivity index (χ4n) is 3.21. The Labute approximate surface area is 147 Å². The van der Waals surface area contributed by atoms with Crippen LogP contribution in [0.2, 0.25) is 0 Å². The Morgan fingerprint density at radius 2 is 1.84 bits per heavy atom. The van der Waals surface area contributed by atoms with E-state index in [-0.39, 0.29) is 6.54 Å². The number of rotatable bonds is 3. The average molecular weight is 357 g/mol. The summed E-state index contributed by atoms with van der Waals surface area (Å²) >= 11 is 0. The molecule has 0 aliphatic carbocycles. The van der Waals surface area contributed by atoms with Gasteiger partial charge < -0.3 is 9.64 Å². The van der Waals surface area contributed by atoms with Crippen molar-refractivity contribution in [1.29, 1.82) is 0 Å². The Morgan fingerprint density at radius 3 is 2.40 bits per heavy atom. The van der Waals surface area contributed by atoms with E-state index in [9.17, 15) is 18.0 Å². The van der Waals surface area contributed by atoms with Crippen molar-refractivity contribution in [2.45, 2.75) is 51.8 Å². The number of likely N-dealkylation sites (tertiary alicyclic amines) is 1. The number of benzene rings is 1. The summed E-state index contributed by atoms with van der Waals surface area (Å²) in [5.41, 5.74) is 0.326. The Hall–Kier alpha value is -1.72. The van der Waals surface area contributed by atoms with E-state index in [4.69, 9.17) is 4.74 Å². The van der Waals surface area contributed by atoms with Crippen LogP contribution in [0.4, 0.5) is 18.0 Å². The van der Waals surface area contributed by atoms with E-state index in [1.807, 2.05) is 30.3 Å². The molecule has 1 saturated heterocycles. The molecular formula is C19H26F3NO2. The number of hydrogen-bond donors (Lipinski definition) is 0. The minimum atomic E-state index is -4.32. The van der Waals surface area contributed by atoms with Gasteiger partial charge in [0.05, 0.1) is 5.92 Å². The van der Waals surface area contributed by atoms with Gasteiger partial charge in [0.2, 0.25) is 0 Å². The van der Waals surface area contributed by atoms with Gasteiger partial charge in [-0.2, -0.15) is 13.2 Å². The lowest BCUT2D eigenvalue weighted by Crippen LogP contribution is -2.50. The molecule has 25 heavy (non-hydrogen) atoms. The Bertz CT molecular complexity index is 566. The number of nitrogens with zero attached hydrogens (tertiary/aromatic N) is 1. The van der Waals surface area contributed by atoms with Gasteiger partial charge in [-0.15, -0.1) is 0 Å². The first-order valence-electron chi connectivity index (χ1n) is 8.65. The highest BCUT2D eigenvalue weighted by atomic mass is 19.4. The summed E-state index contributed by atoms with van der Waals surface area (Å²) in [6.45, 7) is 5.11. The highest BCUT2D eigenvalue weighted by molar-refractivity contribution is 5.68. The molecule has 1 aliphatic heterocycles. The minimum Gasteiger partial charge on any atom is -0.444 e. The van der Waals surface area contributed by atoms with Gasteiger partial charge in [-0.3, -0.25) is 0 Å². The fourth-order valence-corrected chi connectivity index (χ4v) is 3.21. The lowest BCUT2D eigenvalue weighted by atomic mass is 9.81. The molecule has 1 heterocycles. The quantitative estimate of drug-likeness (QED) is 0.757. The van der Waals surface area contributed by atoms with Crippen molar-refractivity contribution in [2.24, 2.45) is 11.8 Å². The Balaban J connectivity index is 2.01. The van der Waals surface area contributed by atoms with Gasteiger partial charge in [-0.25, -0.2) is 4.79 Å². The first kappa shape index (κ1) is 19.6. The molecule has 1 fully saturated rings. The van der Waals surface area contributed by atoms with Crippen LogP contribution in [0.3, 0.4) is 0 Å². The largest absolute Gasteiger partial charge is 0.444 e. The maximum Gasteiger partial charge on any atom is 0.410 e. The van der Waals surface area contributed by atoms with E-state index in [1.165, 1.54) is 4.90 Å². The molecule has 2 atom stereocenters. The number of carbonyl (C=O) groups excluding carboxylic acids is 1. The van der Waals surface area contributed by atoms with Gasteiger partial charge in [0.25, 0.3) is 0 Å². The van der Waals surface area contributed by atoms with Crippen molar-refractivity contribution in [2.75, 3.05) is 13.1 Å². The van der Waals surface area contributed by atoms with Gasteiger partial charge in [-0.05, 0) is 51.5 Å². The Kier molecular flexibility index (Phi) is 6.01. The summed E-state index contributed by atoms with van der Waals surface area (Å²) in [5, 5.41) is 0. The number of ether oxygens (including phenoxy) is 1. The predicted molar refractivity (Wildman–Crippen MR) is 90.2 cm³/mol. The first-order chi connectivity index (χ1) is 11.6. The summed E-state index contributed by atoms with van der Waals surface area (Å²) in [6.07, 6.45) is -3.55. The van der Waals surface area contributed by atoms with Gasteiger partial charge in [-0.1, -0.05) is 30.3 Å². The van der Waals surface area contributed by atoms with Crippen molar-refractivity contribution >= 4 is 6.09 Å². The molecule has 1 aromatic carbocycles. The molecule has 0 spiro atoms. The topological polar surface area (TPSA) is 29.5 Å². The predicted octanol–water partition coefficient (Wildman–Crippen LogP) is 5.05. The van der Waals surface area contributed by atoms with Crippen LogP contribution in [-0.2, 0) is 11.2 Å². The molecule has 1 amide bonds. The highest BCUT2D eigenvalue weighted by Crippen LogP contribution is 2.39. The molecule has 0 aromatic heterocycles. The van der Waals surface area contributed by atoms with Crippen molar-refractivity contribution in [3.8, 4) is 0 Å². The molecule has 0 saturated carbocycles. The molecular weight excluding hydrogens is 331 g/mol. The number of alkyl halides is 3. The van der Waals surface area contributed by atoms with E-state index in [0.717, 1.165) is 5.56 Å². The highest BCUT2D eigenvalue weighted by Gasteiger charge is 2.48. The van der Waals surface area contributed by atoms with Gasteiger partial charge >= 0.3 is 12.3 Å². The molecule has 1 unspecified atom stereocenters. The molecule has 1 aliphatic rings. The molecule has 6 heteroatoms. The van der Waals surface area contributed by atoms with Crippen molar-refractivity contribution < 1.29 is 22.7 Å². The normalized spacial score (nSPS) is 21.9. The van der Waals surface area contributed by atoms with Gasteiger partial charge in [0.15, 0.2) is 0 Å². The third-order valence-corrected chi connectivity index (χ3v) is 4.47. The summed E-state index contributed by atoms with van der Waals surface area (Å²) in [5.74, 6) is -1.98. The average Bonchev–Trinajstić information content (AvgIpc) is 2.51. The lowest BCUT2D eigenvalue weighted by molar-refractivity contribution is -0.200. The lowest BCUT2D eigenvalue weighted by Gasteiger charge is -2.39. The number of amides is 1. The monoisotopic (exact) mass is 357 g/mol. The maximum absolute atomic E-state index is 13.5. The second-order valence-corrected chi connectivity index (χ2v) is 7.65. The summed E-state index contributed by atoms with van der Waals surface area (Å²) < 4.78 is 45.8. The molecule has 0 bridgehead atoms. The molecule has 3 nitrogen and oxygen atoms in total. The van der Waals surface area contributed by atoms with E-state index in [1.54, 1.807) is 20.8 Å². The van der Waals surface area contributed by atoms with Crippen LogP contribution in [0.25, 0.3) is 0 Å². The van der Waals surface area contributed by atoms with Crippen LogP contribution < -0.4 is 0 Å². The maximum atomic E-state index is 13.5. The number of halogens is 3. The number of carbonyl (C=O) groups is 1. The van der Waals surface area contributed by atoms with Crippen molar-refractivity contribution in [3.63, 3.8) is 0 Å². The SMILES string of the molecule is CC(C)(C)OC(=O)N1CCC(CCc2ccccc2)[C@@H](C(F)(F)F)C1. The molecule has 0 N–H and O–H groups in total. The minimum absolute atomic E-state index is 0.306. The van der Waals surface area contributed by atoms with Crippen molar-refractivity contribution in [1.82, 2.24) is 4.90 Å². The molecule has 140 valence electrons. The summed E-state index contributed by atoms with van der Waals surface area (Å²) in [6, 6.07) is 9.53. The van der Waals surface area contributed by atoms with E-state index < -0.39 is 29.7 Å². The third kappa shape index (κ3) is 5.94. The molecule has 0 radical (unpaired) electrons.